The molecule has 1 amide bonds. The van der Waals surface area contributed by atoms with E-state index in [-0.39, 0.29) is 25.1 Å². The van der Waals surface area contributed by atoms with E-state index >= 15 is 0 Å². The molecule has 0 saturated heterocycles. The number of hydrogen-bond donors (Lipinski definition) is 0. The summed E-state index contributed by atoms with van der Waals surface area (Å²) in [7, 11) is 0. The molecule has 0 unspecified atom stereocenters. The van der Waals surface area contributed by atoms with Gasteiger partial charge in [0.05, 0.1) is 12.2 Å². The third-order valence-corrected chi connectivity index (χ3v) is 2.43. The van der Waals surface area contributed by atoms with Crippen LogP contribution in [0.2, 0.25) is 0 Å². The van der Waals surface area contributed by atoms with Crippen LogP contribution in [0.25, 0.3) is 0 Å². The Morgan fingerprint density at radius 2 is 2.24 bits per heavy atom. The zero-order chi connectivity index (χ0) is 12.3. The maximum absolute atomic E-state index is 11.7. The summed E-state index contributed by atoms with van der Waals surface area (Å²) in [6.07, 6.45) is 0. The lowest BCUT2D eigenvalue weighted by molar-refractivity contribution is -0.141. The van der Waals surface area contributed by atoms with Crippen molar-refractivity contribution in [2.24, 2.45) is 0 Å². The van der Waals surface area contributed by atoms with Crippen molar-refractivity contribution in [1.82, 2.24) is 0 Å². The normalized spacial score (nSPS) is 13.9. The first kappa shape index (κ1) is 11.4. The van der Waals surface area contributed by atoms with Crippen LogP contribution >= 0.6 is 0 Å². The van der Waals surface area contributed by atoms with Gasteiger partial charge in [-0.3, -0.25) is 9.59 Å². The molecule has 0 bridgehead atoms. The molecule has 0 radical (unpaired) electrons. The fraction of sp³-hybridized carbons (Fsp3) is 0.333. The van der Waals surface area contributed by atoms with E-state index in [0.717, 1.165) is 5.69 Å². The van der Waals surface area contributed by atoms with E-state index in [1.54, 1.807) is 17.0 Å². The summed E-state index contributed by atoms with van der Waals surface area (Å²) in [6.45, 7) is 1.90. The van der Waals surface area contributed by atoms with Gasteiger partial charge in [-0.1, -0.05) is 12.1 Å². The molecule has 0 aliphatic carbocycles. The summed E-state index contributed by atoms with van der Waals surface area (Å²) in [4.78, 5) is 23.9. The highest BCUT2D eigenvalue weighted by atomic mass is 16.5. The van der Waals surface area contributed by atoms with E-state index in [2.05, 4.69) is 0 Å². The van der Waals surface area contributed by atoms with Crippen molar-refractivity contribution < 1.29 is 19.1 Å². The minimum Gasteiger partial charge on any atom is -0.482 e. The van der Waals surface area contributed by atoms with Crippen molar-refractivity contribution >= 4 is 17.6 Å². The smallest absolute Gasteiger partial charge is 0.302 e. The van der Waals surface area contributed by atoms with Gasteiger partial charge in [0.25, 0.3) is 5.91 Å². The zero-order valence-electron chi connectivity index (χ0n) is 9.51. The van der Waals surface area contributed by atoms with E-state index in [4.69, 9.17) is 9.47 Å². The quantitative estimate of drug-likeness (QED) is 0.733. The largest absolute Gasteiger partial charge is 0.482 e. The van der Waals surface area contributed by atoms with E-state index < -0.39 is 0 Å². The van der Waals surface area contributed by atoms with Crippen LogP contribution in [0, 0.1) is 0 Å². The number of anilines is 1. The first-order valence-electron chi connectivity index (χ1n) is 5.34. The maximum Gasteiger partial charge on any atom is 0.302 e. The van der Waals surface area contributed by atoms with Crippen molar-refractivity contribution in [1.29, 1.82) is 0 Å². The van der Waals surface area contributed by atoms with Crippen LogP contribution < -0.4 is 9.64 Å². The highest BCUT2D eigenvalue weighted by Gasteiger charge is 2.24. The SMILES string of the molecule is CC(=O)OCCN1C(=O)COc2ccccc21. The molecule has 1 aliphatic rings. The van der Waals surface area contributed by atoms with Gasteiger partial charge in [0.1, 0.15) is 12.4 Å². The third kappa shape index (κ3) is 2.55. The molecule has 1 heterocycles. The van der Waals surface area contributed by atoms with Crippen molar-refractivity contribution in [2.45, 2.75) is 6.92 Å². The molecule has 0 N–H and O–H groups in total. The Hall–Kier alpha value is -2.04. The number of esters is 1. The summed E-state index contributed by atoms with van der Waals surface area (Å²) < 4.78 is 10.1. The Kier molecular flexibility index (Phi) is 3.27. The molecule has 17 heavy (non-hydrogen) atoms. The maximum atomic E-state index is 11.7. The van der Waals surface area contributed by atoms with Crippen molar-refractivity contribution in [2.75, 3.05) is 24.7 Å². The molecule has 0 atom stereocenters. The Morgan fingerprint density at radius 1 is 1.47 bits per heavy atom. The lowest BCUT2D eigenvalue weighted by Gasteiger charge is -2.28. The van der Waals surface area contributed by atoms with Crippen LogP contribution in [-0.2, 0) is 14.3 Å². The minimum absolute atomic E-state index is 0.0249. The molecule has 0 aromatic heterocycles. The number of hydrogen-bond acceptors (Lipinski definition) is 4. The third-order valence-electron chi connectivity index (χ3n) is 2.43. The fourth-order valence-electron chi connectivity index (χ4n) is 1.68. The van der Waals surface area contributed by atoms with Gasteiger partial charge in [-0.05, 0) is 12.1 Å². The number of ether oxygens (including phenoxy) is 2. The number of amides is 1. The highest BCUT2D eigenvalue weighted by Crippen LogP contribution is 2.30. The Labute approximate surface area is 98.9 Å². The Morgan fingerprint density at radius 3 is 3.00 bits per heavy atom. The molecule has 1 aliphatic heterocycles. The highest BCUT2D eigenvalue weighted by molar-refractivity contribution is 5.97. The molecule has 2 rings (SSSR count). The van der Waals surface area contributed by atoms with Gasteiger partial charge in [0, 0.05) is 6.92 Å². The van der Waals surface area contributed by atoms with Crippen molar-refractivity contribution in [3.8, 4) is 5.75 Å². The Bertz CT molecular complexity index is 444. The fourth-order valence-corrected chi connectivity index (χ4v) is 1.68. The van der Waals surface area contributed by atoms with Gasteiger partial charge in [-0.25, -0.2) is 0 Å². The first-order chi connectivity index (χ1) is 8.18. The number of carbonyl (C=O) groups is 2. The summed E-state index contributed by atoms with van der Waals surface area (Å²) in [5.74, 6) is 0.199. The lowest BCUT2D eigenvalue weighted by Crippen LogP contribution is -2.40. The summed E-state index contributed by atoms with van der Waals surface area (Å²) in [5, 5.41) is 0. The molecular weight excluding hydrogens is 222 g/mol. The monoisotopic (exact) mass is 235 g/mol. The molecule has 1 aromatic rings. The van der Waals surface area contributed by atoms with E-state index in [0.29, 0.717) is 12.3 Å². The van der Waals surface area contributed by atoms with Crippen LogP contribution in [-0.4, -0.2) is 31.6 Å². The average molecular weight is 235 g/mol. The van der Waals surface area contributed by atoms with Gasteiger partial charge < -0.3 is 14.4 Å². The molecule has 1 aromatic carbocycles. The second-order valence-electron chi connectivity index (χ2n) is 3.64. The molecule has 0 spiro atoms. The number of para-hydroxylation sites is 2. The van der Waals surface area contributed by atoms with Crippen LogP contribution in [0.3, 0.4) is 0 Å². The summed E-state index contributed by atoms with van der Waals surface area (Å²) >= 11 is 0. The minimum atomic E-state index is -0.348. The van der Waals surface area contributed by atoms with Crippen molar-refractivity contribution in [3.05, 3.63) is 24.3 Å². The number of nitrogens with zero attached hydrogens (tertiary/aromatic N) is 1. The number of rotatable bonds is 3. The van der Waals surface area contributed by atoms with Crippen LogP contribution in [0.4, 0.5) is 5.69 Å². The van der Waals surface area contributed by atoms with Gasteiger partial charge in [-0.2, -0.15) is 0 Å². The molecule has 5 heteroatoms. The van der Waals surface area contributed by atoms with Gasteiger partial charge in [0.2, 0.25) is 0 Å². The molecule has 5 nitrogen and oxygen atoms in total. The number of fused-ring (bicyclic) bond motifs is 1. The van der Waals surface area contributed by atoms with Crippen LogP contribution in [0.15, 0.2) is 24.3 Å². The standard InChI is InChI=1S/C12H13NO4/c1-9(14)16-7-6-13-10-4-2-3-5-11(10)17-8-12(13)15/h2-5H,6-8H2,1H3. The van der Waals surface area contributed by atoms with Crippen LogP contribution in [0.1, 0.15) is 6.92 Å². The lowest BCUT2D eigenvalue weighted by atomic mass is 10.2. The van der Waals surface area contributed by atoms with Gasteiger partial charge >= 0.3 is 5.97 Å². The second-order valence-corrected chi connectivity index (χ2v) is 3.64. The zero-order valence-corrected chi connectivity index (χ0v) is 9.51. The predicted molar refractivity (Wildman–Crippen MR) is 60.9 cm³/mol. The second kappa shape index (κ2) is 4.86. The summed E-state index contributed by atoms with van der Waals surface area (Å²) in [5.41, 5.74) is 0.718. The van der Waals surface area contributed by atoms with Crippen LogP contribution in [0.5, 0.6) is 5.75 Å². The number of benzene rings is 1. The van der Waals surface area contributed by atoms with Crippen molar-refractivity contribution in [3.63, 3.8) is 0 Å². The molecule has 0 saturated carbocycles. The predicted octanol–water partition coefficient (Wildman–Crippen LogP) is 0.975. The van der Waals surface area contributed by atoms with Gasteiger partial charge in [0.15, 0.2) is 6.61 Å². The van der Waals surface area contributed by atoms with E-state index in [1.807, 2.05) is 12.1 Å². The van der Waals surface area contributed by atoms with E-state index in [9.17, 15) is 9.59 Å². The molecular formula is C12H13NO4. The van der Waals surface area contributed by atoms with E-state index in [1.165, 1.54) is 6.92 Å². The van der Waals surface area contributed by atoms with Gasteiger partial charge in [-0.15, -0.1) is 0 Å². The average Bonchev–Trinajstić information content (AvgIpc) is 2.32. The number of carbonyl (C=O) groups excluding carboxylic acids is 2. The Balaban J connectivity index is 2.10. The topological polar surface area (TPSA) is 55.8 Å². The molecule has 0 fully saturated rings. The first-order valence-corrected chi connectivity index (χ1v) is 5.34. The summed E-state index contributed by atoms with van der Waals surface area (Å²) in [6, 6.07) is 7.29. The molecule has 90 valence electrons.